The third-order valence-corrected chi connectivity index (χ3v) is 3.59. The molecule has 1 aromatic carbocycles. The van der Waals surface area contributed by atoms with Crippen LogP contribution in [0.4, 0.5) is 0 Å². The molecule has 1 aliphatic heterocycles. The number of benzene rings is 1. The molecule has 0 fully saturated rings. The number of rotatable bonds is 3. The largest absolute Gasteiger partial charge is 0.486 e. The van der Waals surface area contributed by atoms with E-state index in [0.717, 1.165) is 16.3 Å². The molecule has 7 heteroatoms. The molecule has 2 rings (SSSR count). The van der Waals surface area contributed by atoms with Gasteiger partial charge >= 0.3 is 0 Å². The van der Waals surface area contributed by atoms with Crippen molar-refractivity contribution < 1.29 is 17.3 Å². The van der Waals surface area contributed by atoms with Crippen molar-refractivity contribution in [2.45, 2.75) is 12.5 Å². The molecule has 0 aromatic heterocycles. The van der Waals surface area contributed by atoms with Crippen LogP contribution in [0.25, 0.3) is 0 Å². The van der Waals surface area contributed by atoms with E-state index in [9.17, 15) is 8.42 Å². The van der Waals surface area contributed by atoms with E-state index in [4.69, 9.17) is 20.5 Å². The molecule has 1 aliphatic rings. The third kappa shape index (κ3) is 3.34. The molecular weight excluding hydrogens is 332 g/mol. The molecule has 4 nitrogen and oxygen atoms in total. The standard InChI is InChI=1S/C10H10BrClO4S/c1-17(13,14)15-5-8-3-6-2-7(11)4-9(12)10(6)16-8/h2,4,8H,3,5H2,1H3. The molecule has 94 valence electrons. The van der Waals surface area contributed by atoms with Gasteiger partial charge in [-0.2, -0.15) is 8.42 Å². The molecule has 1 unspecified atom stereocenters. The molecule has 0 radical (unpaired) electrons. The van der Waals surface area contributed by atoms with Crippen LogP contribution in [0.1, 0.15) is 5.56 Å². The van der Waals surface area contributed by atoms with Gasteiger partial charge in [0.25, 0.3) is 10.1 Å². The van der Waals surface area contributed by atoms with Crippen LogP contribution >= 0.6 is 27.5 Å². The van der Waals surface area contributed by atoms with E-state index >= 15 is 0 Å². The molecule has 0 bridgehead atoms. The van der Waals surface area contributed by atoms with Gasteiger partial charge in [-0.15, -0.1) is 0 Å². The fraction of sp³-hybridized carbons (Fsp3) is 0.400. The van der Waals surface area contributed by atoms with E-state index in [1.54, 1.807) is 6.07 Å². The Hall–Kier alpha value is -0.300. The monoisotopic (exact) mass is 340 g/mol. The summed E-state index contributed by atoms with van der Waals surface area (Å²) >= 11 is 9.36. The summed E-state index contributed by atoms with van der Waals surface area (Å²) < 4.78 is 32.9. The zero-order chi connectivity index (χ0) is 12.6. The van der Waals surface area contributed by atoms with Gasteiger partial charge in [0.05, 0.1) is 11.3 Å². The van der Waals surface area contributed by atoms with Crippen LogP contribution < -0.4 is 4.74 Å². The Morgan fingerprint density at radius 3 is 2.94 bits per heavy atom. The summed E-state index contributed by atoms with van der Waals surface area (Å²) in [6.45, 7) is 0.00145. The van der Waals surface area contributed by atoms with Gasteiger partial charge in [0.15, 0.2) is 0 Å². The van der Waals surface area contributed by atoms with E-state index < -0.39 is 10.1 Å². The maximum atomic E-state index is 10.9. The SMILES string of the molecule is CS(=O)(=O)OCC1Cc2cc(Br)cc(Cl)c2O1. The van der Waals surface area contributed by atoms with Crippen molar-refractivity contribution in [1.82, 2.24) is 0 Å². The minimum absolute atomic E-state index is 0.00145. The number of fused-ring (bicyclic) bond motifs is 1. The molecular formula is C10H10BrClO4S. The lowest BCUT2D eigenvalue weighted by molar-refractivity contribution is 0.153. The van der Waals surface area contributed by atoms with E-state index in [-0.39, 0.29) is 12.7 Å². The zero-order valence-corrected chi connectivity index (χ0v) is 12.1. The van der Waals surface area contributed by atoms with Crippen LogP contribution in [-0.4, -0.2) is 27.4 Å². The molecule has 0 spiro atoms. The highest BCUT2D eigenvalue weighted by molar-refractivity contribution is 9.10. The van der Waals surface area contributed by atoms with Crippen LogP contribution in [0.3, 0.4) is 0 Å². The lowest BCUT2D eigenvalue weighted by Gasteiger charge is -2.10. The Morgan fingerprint density at radius 1 is 1.59 bits per heavy atom. The maximum absolute atomic E-state index is 10.9. The fourth-order valence-corrected chi connectivity index (χ4v) is 2.96. The molecule has 0 amide bonds. The van der Waals surface area contributed by atoms with Gasteiger partial charge in [0.2, 0.25) is 0 Å². The van der Waals surface area contributed by atoms with Crippen LogP contribution in [0.15, 0.2) is 16.6 Å². The third-order valence-electron chi connectivity index (χ3n) is 2.29. The van der Waals surface area contributed by atoms with Crippen molar-refractivity contribution in [3.8, 4) is 5.75 Å². The highest BCUT2D eigenvalue weighted by Gasteiger charge is 2.26. The minimum Gasteiger partial charge on any atom is -0.486 e. The minimum atomic E-state index is -3.44. The molecule has 0 saturated heterocycles. The molecule has 0 aliphatic carbocycles. The van der Waals surface area contributed by atoms with E-state index in [1.807, 2.05) is 6.07 Å². The maximum Gasteiger partial charge on any atom is 0.264 e. The van der Waals surface area contributed by atoms with Crippen molar-refractivity contribution in [2.75, 3.05) is 12.9 Å². The lowest BCUT2D eigenvalue weighted by Crippen LogP contribution is -2.22. The average molecular weight is 342 g/mol. The summed E-state index contributed by atoms with van der Waals surface area (Å²) in [7, 11) is -3.44. The predicted molar refractivity (Wildman–Crippen MR) is 68.1 cm³/mol. The number of hydrogen-bond donors (Lipinski definition) is 0. The van der Waals surface area contributed by atoms with E-state index in [2.05, 4.69) is 15.9 Å². The fourth-order valence-electron chi connectivity index (χ4n) is 1.64. The van der Waals surface area contributed by atoms with Crippen LogP contribution in [0.2, 0.25) is 5.02 Å². The average Bonchev–Trinajstić information content (AvgIpc) is 2.56. The molecule has 0 saturated carbocycles. The number of hydrogen-bond acceptors (Lipinski definition) is 4. The Balaban J connectivity index is 2.09. The van der Waals surface area contributed by atoms with Crippen molar-refractivity contribution in [2.24, 2.45) is 0 Å². The Morgan fingerprint density at radius 2 is 2.29 bits per heavy atom. The van der Waals surface area contributed by atoms with Gasteiger partial charge in [-0.25, -0.2) is 0 Å². The van der Waals surface area contributed by atoms with Gasteiger partial charge in [0, 0.05) is 16.5 Å². The van der Waals surface area contributed by atoms with Gasteiger partial charge < -0.3 is 4.74 Å². The first kappa shape index (κ1) is 13.1. The molecule has 1 atom stereocenters. The quantitative estimate of drug-likeness (QED) is 0.792. The summed E-state index contributed by atoms with van der Waals surface area (Å²) in [5, 5.41) is 0.510. The van der Waals surface area contributed by atoms with Crippen LogP contribution in [0, 0.1) is 0 Å². The predicted octanol–water partition coefficient (Wildman–Crippen LogP) is 2.38. The summed E-state index contributed by atoms with van der Waals surface area (Å²) in [6.07, 6.45) is 1.29. The second kappa shape index (κ2) is 4.76. The van der Waals surface area contributed by atoms with Crippen molar-refractivity contribution >= 4 is 37.6 Å². The zero-order valence-electron chi connectivity index (χ0n) is 8.94. The van der Waals surface area contributed by atoms with Crippen molar-refractivity contribution in [1.29, 1.82) is 0 Å². The molecule has 1 heterocycles. The Bertz CT molecular complexity index is 543. The van der Waals surface area contributed by atoms with Gasteiger partial charge in [-0.1, -0.05) is 27.5 Å². The van der Waals surface area contributed by atoms with Gasteiger partial charge in [-0.3, -0.25) is 4.18 Å². The Kier molecular flexibility index (Phi) is 3.68. The normalized spacial score (nSPS) is 18.9. The summed E-state index contributed by atoms with van der Waals surface area (Å²) in [6, 6.07) is 3.64. The van der Waals surface area contributed by atoms with E-state index in [0.29, 0.717) is 17.2 Å². The first-order chi connectivity index (χ1) is 7.85. The topological polar surface area (TPSA) is 52.6 Å². The molecule has 1 aromatic rings. The van der Waals surface area contributed by atoms with Gasteiger partial charge in [0.1, 0.15) is 18.5 Å². The highest BCUT2D eigenvalue weighted by Crippen LogP contribution is 2.38. The Labute approximate surface area is 113 Å². The second-order valence-electron chi connectivity index (χ2n) is 3.81. The number of ether oxygens (including phenoxy) is 1. The molecule has 0 N–H and O–H groups in total. The van der Waals surface area contributed by atoms with Crippen LogP contribution in [-0.2, 0) is 20.7 Å². The summed E-state index contributed by atoms with van der Waals surface area (Å²) in [4.78, 5) is 0. The first-order valence-electron chi connectivity index (χ1n) is 4.84. The summed E-state index contributed by atoms with van der Waals surface area (Å²) in [5.41, 5.74) is 0.950. The van der Waals surface area contributed by atoms with E-state index in [1.165, 1.54) is 0 Å². The smallest absolute Gasteiger partial charge is 0.264 e. The summed E-state index contributed by atoms with van der Waals surface area (Å²) in [5.74, 6) is 0.608. The lowest BCUT2D eigenvalue weighted by atomic mass is 10.1. The van der Waals surface area contributed by atoms with Crippen LogP contribution in [0.5, 0.6) is 5.75 Å². The number of halogens is 2. The first-order valence-corrected chi connectivity index (χ1v) is 7.83. The van der Waals surface area contributed by atoms with Gasteiger partial charge in [-0.05, 0) is 12.1 Å². The molecule has 17 heavy (non-hydrogen) atoms. The second-order valence-corrected chi connectivity index (χ2v) is 6.78. The van der Waals surface area contributed by atoms with Crippen molar-refractivity contribution in [3.63, 3.8) is 0 Å². The highest BCUT2D eigenvalue weighted by atomic mass is 79.9. The van der Waals surface area contributed by atoms with Crippen molar-refractivity contribution in [3.05, 3.63) is 27.2 Å².